The third kappa shape index (κ3) is 5.48. The predicted molar refractivity (Wildman–Crippen MR) is 66.2 cm³/mol. The van der Waals surface area contributed by atoms with Crippen LogP contribution in [0.25, 0.3) is 0 Å². The molecule has 0 saturated carbocycles. The van der Waals surface area contributed by atoms with E-state index in [0.717, 1.165) is 0 Å². The number of nitrogens with one attached hydrogen (secondary N) is 1. The van der Waals surface area contributed by atoms with Gasteiger partial charge in [0.25, 0.3) is 0 Å². The van der Waals surface area contributed by atoms with Crippen LogP contribution in [0.5, 0.6) is 0 Å². The van der Waals surface area contributed by atoms with Gasteiger partial charge in [0.15, 0.2) is 0 Å². The highest BCUT2D eigenvalue weighted by Crippen LogP contribution is 2.24. The molecule has 17 heavy (non-hydrogen) atoms. The highest BCUT2D eigenvalue weighted by molar-refractivity contribution is 5.78. The Bertz CT molecular complexity index is 255. The number of hydrogen-bond donors (Lipinski definition) is 2. The van der Waals surface area contributed by atoms with Crippen LogP contribution in [0.15, 0.2) is 0 Å². The van der Waals surface area contributed by atoms with Gasteiger partial charge in [0.1, 0.15) is 5.54 Å². The summed E-state index contributed by atoms with van der Waals surface area (Å²) in [6.45, 7) is 7.77. The summed E-state index contributed by atoms with van der Waals surface area (Å²) in [5.74, 6) is -0.884. The van der Waals surface area contributed by atoms with Gasteiger partial charge in [0.05, 0.1) is 12.2 Å². The van der Waals surface area contributed by atoms with Crippen LogP contribution in [0.4, 0.5) is 0 Å². The molecular formula is C12H25NO4. The van der Waals surface area contributed by atoms with Gasteiger partial charge in [-0.2, -0.15) is 0 Å². The summed E-state index contributed by atoms with van der Waals surface area (Å²) < 4.78 is 10.3. The number of aliphatic carboxylic acids is 1. The summed E-state index contributed by atoms with van der Waals surface area (Å²) in [6, 6.07) is -0.0336. The van der Waals surface area contributed by atoms with Crippen molar-refractivity contribution in [2.75, 3.05) is 20.8 Å². The molecule has 0 aliphatic carbocycles. The lowest BCUT2D eigenvalue weighted by Crippen LogP contribution is -2.57. The lowest BCUT2D eigenvalue weighted by molar-refractivity contribution is -0.148. The Hall–Kier alpha value is -0.650. The zero-order valence-corrected chi connectivity index (χ0v) is 11.7. The van der Waals surface area contributed by atoms with Crippen molar-refractivity contribution in [2.24, 2.45) is 0 Å². The zero-order valence-electron chi connectivity index (χ0n) is 11.7. The first-order valence-electron chi connectivity index (χ1n) is 5.72. The molecule has 0 saturated heterocycles. The highest BCUT2D eigenvalue weighted by Gasteiger charge is 2.39. The quantitative estimate of drug-likeness (QED) is 0.676. The van der Waals surface area contributed by atoms with Crippen molar-refractivity contribution in [1.29, 1.82) is 0 Å². The van der Waals surface area contributed by atoms with Crippen LogP contribution in [0.3, 0.4) is 0 Å². The first-order valence-corrected chi connectivity index (χ1v) is 5.72. The largest absolute Gasteiger partial charge is 0.480 e. The van der Waals surface area contributed by atoms with Crippen molar-refractivity contribution in [3.05, 3.63) is 0 Å². The Labute approximate surface area is 103 Å². The number of hydrogen-bond acceptors (Lipinski definition) is 4. The second-order valence-electron chi connectivity index (χ2n) is 5.28. The van der Waals surface area contributed by atoms with Gasteiger partial charge in [-0.05, 0) is 27.7 Å². The first-order chi connectivity index (χ1) is 7.67. The molecule has 102 valence electrons. The number of carboxylic acids is 1. The monoisotopic (exact) mass is 247 g/mol. The van der Waals surface area contributed by atoms with Crippen LogP contribution in [0.2, 0.25) is 0 Å². The van der Waals surface area contributed by atoms with E-state index in [-0.39, 0.29) is 6.04 Å². The van der Waals surface area contributed by atoms with Crippen molar-refractivity contribution >= 4 is 5.97 Å². The molecule has 5 heteroatoms. The van der Waals surface area contributed by atoms with Gasteiger partial charge in [0, 0.05) is 26.7 Å². The summed E-state index contributed by atoms with van der Waals surface area (Å²) in [5.41, 5.74) is -1.52. The molecule has 0 amide bonds. The van der Waals surface area contributed by atoms with Crippen LogP contribution in [-0.4, -0.2) is 49.1 Å². The van der Waals surface area contributed by atoms with Gasteiger partial charge in [-0.3, -0.25) is 10.1 Å². The lowest BCUT2D eigenvalue weighted by Gasteiger charge is -2.36. The molecule has 2 unspecified atom stereocenters. The van der Waals surface area contributed by atoms with Gasteiger partial charge in [-0.1, -0.05) is 0 Å². The van der Waals surface area contributed by atoms with Crippen molar-refractivity contribution in [3.8, 4) is 0 Å². The highest BCUT2D eigenvalue weighted by atomic mass is 16.5. The van der Waals surface area contributed by atoms with E-state index in [4.69, 9.17) is 9.47 Å². The van der Waals surface area contributed by atoms with E-state index >= 15 is 0 Å². The molecule has 0 aliphatic rings. The maximum atomic E-state index is 11.4. The molecule has 0 rings (SSSR count). The number of carboxylic acid groups (broad SMARTS) is 1. The minimum atomic E-state index is -1.03. The van der Waals surface area contributed by atoms with E-state index in [0.29, 0.717) is 13.0 Å². The third-order valence-electron chi connectivity index (χ3n) is 2.79. The average molecular weight is 247 g/mol. The molecule has 0 aromatic carbocycles. The molecule has 2 N–H and O–H groups in total. The van der Waals surface area contributed by atoms with Crippen LogP contribution >= 0.6 is 0 Å². The maximum absolute atomic E-state index is 11.4. The molecule has 0 aliphatic heterocycles. The molecule has 0 fully saturated rings. The first kappa shape index (κ1) is 16.4. The molecule has 0 bridgehead atoms. The van der Waals surface area contributed by atoms with Gasteiger partial charge in [-0.15, -0.1) is 0 Å². The van der Waals surface area contributed by atoms with E-state index in [2.05, 4.69) is 5.32 Å². The zero-order chi connectivity index (χ0) is 13.7. The Morgan fingerprint density at radius 1 is 1.35 bits per heavy atom. The second-order valence-corrected chi connectivity index (χ2v) is 5.28. The topological polar surface area (TPSA) is 67.8 Å². The normalized spacial score (nSPS) is 17.5. The second kappa shape index (κ2) is 6.33. The molecule has 0 spiro atoms. The van der Waals surface area contributed by atoms with Gasteiger partial charge in [-0.25, -0.2) is 0 Å². The van der Waals surface area contributed by atoms with Gasteiger partial charge >= 0.3 is 5.97 Å². The van der Waals surface area contributed by atoms with E-state index in [1.54, 1.807) is 21.1 Å². The fourth-order valence-electron chi connectivity index (χ4n) is 1.95. The van der Waals surface area contributed by atoms with Crippen LogP contribution in [0.1, 0.15) is 34.1 Å². The molecule has 0 aromatic heterocycles. The van der Waals surface area contributed by atoms with E-state index < -0.39 is 17.1 Å². The third-order valence-corrected chi connectivity index (χ3v) is 2.79. The van der Waals surface area contributed by atoms with Crippen molar-refractivity contribution in [2.45, 2.75) is 51.3 Å². The molecular weight excluding hydrogens is 222 g/mol. The molecule has 2 atom stereocenters. The van der Waals surface area contributed by atoms with Crippen molar-refractivity contribution in [3.63, 3.8) is 0 Å². The number of carbonyl (C=O) groups is 1. The van der Waals surface area contributed by atoms with Crippen LogP contribution in [-0.2, 0) is 14.3 Å². The predicted octanol–water partition coefficient (Wildman–Crippen LogP) is 1.27. The summed E-state index contributed by atoms with van der Waals surface area (Å²) in [6.07, 6.45) is 0.375. The Balaban J connectivity index is 4.74. The number of methoxy groups -OCH3 is 2. The van der Waals surface area contributed by atoms with Crippen LogP contribution in [0, 0.1) is 0 Å². The number of rotatable bonds is 8. The van der Waals surface area contributed by atoms with E-state index in [1.807, 2.05) is 20.8 Å². The Kier molecular flexibility index (Phi) is 6.09. The summed E-state index contributed by atoms with van der Waals surface area (Å²) >= 11 is 0. The molecule has 5 nitrogen and oxygen atoms in total. The van der Waals surface area contributed by atoms with Crippen molar-refractivity contribution in [1.82, 2.24) is 5.32 Å². The Morgan fingerprint density at radius 2 is 1.88 bits per heavy atom. The lowest BCUT2D eigenvalue weighted by atomic mass is 9.87. The van der Waals surface area contributed by atoms with Crippen LogP contribution < -0.4 is 5.32 Å². The summed E-state index contributed by atoms with van der Waals surface area (Å²) in [5, 5.41) is 12.4. The maximum Gasteiger partial charge on any atom is 0.323 e. The minimum Gasteiger partial charge on any atom is -0.480 e. The van der Waals surface area contributed by atoms with Crippen molar-refractivity contribution < 1.29 is 19.4 Å². The smallest absolute Gasteiger partial charge is 0.323 e. The molecule has 0 heterocycles. The van der Waals surface area contributed by atoms with Gasteiger partial charge in [0.2, 0.25) is 0 Å². The Morgan fingerprint density at radius 3 is 2.24 bits per heavy atom. The SMILES string of the molecule is COCC(C)NC(C)(CC(C)(C)OC)C(=O)O. The summed E-state index contributed by atoms with van der Waals surface area (Å²) in [7, 11) is 3.18. The fourth-order valence-corrected chi connectivity index (χ4v) is 1.95. The number of ether oxygens (including phenoxy) is 2. The summed E-state index contributed by atoms with van der Waals surface area (Å²) in [4.78, 5) is 11.4. The van der Waals surface area contributed by atoms with E-state index in [9.17, 15) is 9.90 Å². The minimum absolute atomic E-state index is 0.0336. The molecule has 0 radical (unpaired) electrons. The van der Waals surface area contributed by atoms with E-state index in [1.165, 1.54) is 0 Å². The average Bonchev–Trinajstić information content (AvgIpc) is 2.16. The molecule has 0 aromatic rings. The standard InChI is InChI=1S/C12H25NO4/c1-9(7-16-5)13-12(4,10(14)15)8-11(2,3)17-6/h9,13H,7-8H2,1-6H3,(H,14,15). The van der Waals surface area contributed by atoms with Gasteiger partial charge < -0.3 is 14.6 Å². The fraction of sp³-hybridized carbons (Fsp3) is 0.917.